The Morgan fingerprint density at radius 1 is 0.380 bits per heavy atom. The summed E-state index contributed by atoms with van der Waals surface area (Å²) in [5.41, 5.74) is 8.85. The summed E-state index contributed by atoms with van der Waals surface area (Å²) in [7, 11) is 0. The molecule has 0 aliphatic rings. The van der Waals surface area contributed by atoms with E-state index in [2.05, 4.69) is 167 Å². The summed E-state index contributed by atoms with van der Waals surface area (Å²) in [6.45, 7) is 0. The molecule has 4 heterocycles. The summed E-state index contributed by atoms with van der Waals surface area (Å²) < 4.78 is 4.78. The first kappa shape index (κ1) is 26.2. The van der Waals surface area contributed by atoms with Crippen LogP contribution >= 0.6 is 0 Å². The predicted molar refractivity (Wildman–Crippen MR) is 209 cm³/mol. The molecule has 12 aromatic rings. The molecule has 50 heavy (non-hydrogen) atoms. The first-order valence-electron chi connectivity index (χ1n) is 17.1. The van der Waals surface area contributed by atoms with Crippen molar-refractivity contribution in [2.45, 2.75) is 0 Å². The maximum atomic E-state index is 5.49. The Hall–Kier alpha value is -6.78. The normalized spacial score (nSPS) is 12.4. The lowest BCUT2D eigenvalue weighted by Gasteiger charge is -2.12. The SMILES string of the molecule is c1ccc2cc(-c3nc(-n4c5cc6ccccc6cc5c5c6c7ccccc7n7c8ccccc8c(cc54)c67)nc4ccccc34)ccc2c1. The van der Waals surface area contributed by atoms with Gasteiger partial charge < -0.3 is 4.40 Å². The molecule has 0 spiro atoms. The molecule has 0 aliphatic carbocycles. The van der Waals surface area contributed by atoms with E-state index in [0.717, 1.165) is 33.2 Å². The second kappa shape index (κ2) is 9.43. The van der Waals surface area contributed by atoms with Crippen LogP contribution in [0.5, 0.6) is 0 Å². The molecule has 0 bridgehead atoms. The molecule has 4 heteroatoms. The van der Waals surface area contributed by atoms with E-state index in [-0.39, 0.29) is 0 Å². The van der Waals surface area contributed by atoms with E-state index in [1.54, 1.807) is 0 Å². The largest absolute Gasteiger partial charge is 0.308 e. The minimum atomic E-state index is 0.670. The van der Waals surface area contributed by atoms with Crippen LogP contribution in [0.3, 0.4) is 0 Å². The quantitative estimate of drug-likeness (QED) is 0.190. The smallest absolute Gasteiger partial charge is 0.235 e. The van der Waals surface area contributed by atoms with Gasteiger partial charge in [0, 0.05) is 43.3 Å². The molecule has 0 amide bonds. The van der Waals surface area contributed by atoms with Crippen molar-refractivity contribution in [1.29, 1.82) is 0 Å². The Balaban J connectivity index is 1.30. The highest BCUT2D eigenvalue weighted by atomic mass is 15.2. The van der Waals surface area contributed by atoms with Gasteiger partial charge in [0.25, 0.3) is 0 Å². The van der Waals surface area contributed by atoms with Crippen LogP contribution < -0.4 is 0 Å². The lowest BCUT2D eigenvalue weighted by atomic mass is 10.0. The third-order valence-corrected chi connectivity index (χ3v) is 10.8. The minimum absolute atomic E-state index is 0.670. The zero-order chi connectivity index (χ0) is 32.5. The molecule has 4 aromatic heterocycles. The number of hydrogen-bond donors (Lipinski definition) is 0. The molecule has 0 fully saturated rings. The molecule has 0 atom stereocenters. The molecule has 0 aliphatic heterocycles. The first-order chi connectivity index (χ1) is 24.8. The lowest BCUT2D eigenvalue weighted by molar-refractivity contribution is 1.02. The average molecular weight is 635 g/mol. The number of aromatic nitrogens is 4. The van der Waals surface area contributed by atoms with Crippen LogP contribution in [0.4, 0.5) is 0 Å². The third-order valence-electron chi connectivity index (χ3n) is 10.8. The summed E-state index contributed by atoms with van der Waals surface area (Å²) in [6, 6.07) is 56.9. The van der Waals surface area contributed by atoms with E-state index in [0.29, 0.717) is 5.95 Å². The van der Waals surface area contributed by atoms with E-state index in [9.17, 15) is 0 Å². The van der Waals surface area contributed by atoms with Gasteiger partial charge in [-0.2, -0.15) is 0 Å². The summed E-state index contributed by atoms with van der Waals surface area (Å²) in [4.78, 5) is 10.8. The first-order valence-corrected chi connectivity index (χ1v) is 17.1. The number of rotatable bonds is 2. The third kappa shape index (κ3) is 3.34. The topological polar surface area (TPSA) is 35.1 Å². The number of fused-ring (bicyclic) bond motifs is 13. The van der Waals surface area contributed by atoms with Gasteiger partial charge in [-0.05, 0) is 64.0 Å². The Bertz CT molecular complexity index is 3380. The van der Waals surface area contributed by atoms with Crippen LogP contribution in [0.1, 0.15) is 0 Å². The standard InChI is InChI=1S/C46H26N4/c1-2-12-28-23-31(22-21-27(28)11-1)44-33-16-5-8-18-37(33)47-46(48-44)50-40-25-30-14-4-3-13-29(30)24-36(40)42-41(50)26-35-32-15-6-9-19-38(32)49-39-20-10-7-17-34(39)43(42)45(35)49/h1-26H. The van der Waals surface area contributed by atoms with Crippen molar-refractivity contribution in [1.82, 2.24) is 18.9 Å². The van der Waals surface area contributed by atoms with Gasteiger partial charge in [0.1, 0.15) is 0 Å². The fourth-order valence-corrected chi connectivity index (χ4v) is 8.63. The van der Waals surface area contributed by atoms with Crippen LogP contribution in [-0.4, -0.2) is 18.9 Å². The van der Waals surface area contributed by atoms with E-state index in [1.165, 1.54) is 70.4 Å². The van der Waals surface area contributed by atoms with Crippen LogP contribution in [0.25, 0.3) is 110 Å². The lowest BCUT2D eigenvalue weighted by Crippen LogP contribution is -2.03. The van der Waals surface area contributed by atoms with E-state index in [1.807, 2.05) is 0 Å². The molecule has 0 unspecified atom stereocenters. The second-order valence-corrected chi connectivity index (χ2v) is 13.4. The van der Waals surface area contributed by atoms with Gasteiger partial charge in [-0.3, -0.25) is 4.57 Å². The highest BCUT2D eigenvalue weighted by Crippen LogP contribution is 2.47. The van der Waals surface area contributed by atoms with Crippen LogP contribution in [0, 0.1) is 0 Å². The van der Waals surface area contributed by atoms with E-state index in [4.69, 9.17) is 9.97 Å². The van der Waals surface area contributed by atoms with Gasteiger partial charge in [0.2, 0.25) is 5.95 Å². The second-order valence-electron chi connectivity index (χ2n) is 13.4. The fourth-order valence-electron chi connectivity index (χ4n) is 8.63. The van der Waals surface area contributed by atoms with Gasteiger partial charge in [0.15, 0.2) is 0 Å². The zero-order valence-corrected chi connectivity index (χ0v) is 26.8. The Morgan fingerprint density at radius 2 is 1.02 bits per heavy atom. The average Bonchev–Trinajstić information content (AvgIpc) is 3.80. The van der Waals surface area contributed by atoms with Crippen LogP contribution in [-0.2, 0) is 0 Å². The number of para-hydroxylation sites is 3. The van der Waals surface area contributed by atoms with Crippen molar-refractivity contribution in [2.75, 3.05) is 0 Å². The monoisotopic (exact) mass is 634 g/mol. The Morgan fingerprint density at radius 3 is 1.84 bits per heavy atom. The number of hydrogen-bond acceptors (Lipinski definition) is 2. The van der Waals surface area contributed by atoms with Gasteiger partial charge in [-0.25, -0.2) is 9.97 Å². The van der Waals surface area contributed by atoms with Gasteiger partial charge in [-0.1, -0.05) is 115 Å². The van der Waals surface area contributed by atoms with Gasteiger partial charge in [-0.15, -0.1) is 0 Å². The van der Waals surface area contributed by atoms with Crippen molar-refractivity contribution < 1.29 is 0 Å². The van der Waals surface area contributed by atoms with E-state index >= 15 is 0 Å². The molecule has 4 nitrogen and oxygen atoms in total. The Labute approximate surface area is 285 Å². The molecule has 12 rings (SSSR count). The minimum Gasteiger partial charge on any atom is -0.308 e. The van der Waals surface area contributed by atoms with E-state index < -0.39 is 0 Å². The van der Waals surface area contributed by atoms with Crippen LogP contribution in [0.2, 0.25) is 0 Å². The van der Waals surface area contributed by atoms with Crippen molar-refractivity contribution in [3.63, 3.8) is 0 Å². The molecular formula is C46H26N4. The molecule has 230 valence electrons. The summed E-state index contributed by atoms with van der Waals surface area (Å²) in [5.74, 6) is 0.670. The van der Waals surface area contributed by atoms with Crippen molar-refractivity contribution in [3.05, 3.63) is 158 Å². The molecule has 0 saturated carbocycles. The molecule has 0 saturated heterocycles. The van der Waals surface area contributed by atoms with Crippen molar-refractivity contribution >= 4 is 92.3 Å². The number of benzene rings is 8. The molecule has 8 aromatic carbocycles. The summed E-state index contributed by atoms with van der Waals surface area (Å²) >= 11 is 0. The number of nitrogens with zero attached hydrogens (tertiary/aromatic N) is 4. The highest BCUT2D eigenvalue weighted by Gasteiger charge is 2.25. The van der Waals surface area contributed by atoms with Crippen molar-refractivity contribution in [3.8, 4) is 17.2 Å². The van der Waals surface area contributed by atoms with Gasteiger partial charge in [0.05, 0.1) is 38.8 Å². The van der Waals surface area contributed by atoms with Crippen LogP contribution in [0.15, 0.2) is 158 Å². The molecular weight excluding hydrogens is 609 g/mol. The maximum Gasteiger partial charge on any atom is 0.235 e. The Kier molecular flexibility index (Phi) is 4.94. The fraction of sp³-hybridized carbons (Fsp3) is 0. The van der Waals surface area contributed by atoms with Gasteiger partial charge >= 0.3 is 0 Å². The summed E-state index contributed by atoms with van der Waals surface area (Å²) in [5, 5.41) is 13.3. The zero-order valence-electron chi connectivity index (χ0n) is 26.8. The molecule has 0 N–H and O–H groups in total. The summed E-state index contributed by atoms with van der Waals surface area (Å²) in [6.07, 6.45) is 0. The maximum absolute atomic E-state index is 5.49. The van der Waals surface area contributed by atoms with Crippen molar-refractivity contribution in [2.24, 2.45) is 0 Å². The predicted octanol–water partition coefficient (Wildman–Crippen LogP) is 11.9. The highest BCUT2D eigenvalue weighted by molar-refractivity contribution is 6.36. The molecule has 0 radical (unpaired) electrons.